The molecule has 2 heterocycles. The predicted octanol–water partition coefficient (Wildman–Crippen LogP) is 3.76. The van der Waals surface area contributed by atoms with E-state index in [1.54, 1.807) is 24.1 Å². The van der Waals surface area contributed by atoms with E-state index in [9.17, 15) is 9.90 Å². The summed E-state index contributed by atoms with van der Waals surface area (Å²) in [4.78, 5) is 14.7. The molecule has 0 bridgehead atoms. The molecule has 1 aliphatic heterocycles. The molecule has 0 radical (unpaired) electrons. The number of aromatic amines is 1. The van der Waals surface area contributed by atoms with Gasteiger partial charge in [0.25, 0.3) is 5.91 Å². The minimum absolute atomic E-state index is 0.0469. The lowest BCUT2D eigenvalue weighted by Gasteiger charge is -2.31. The molecule has 1 aromatic heterocycles. The van der Waals surface area contributed by atoms with E-state index in [0.29, 0.717) is 30.2 Å². The molecule has 0 spiro atoms. The minimum Gasteiger partial charge on any atom is -0.507 e. The van der Waals surface area contributed by atoms with Gasteiger partial charge in [0, 0.05) is 49.2 Å². The van der Waals surface area contributed by atoms with Crippen LogP contribution in [0, 0.1) is 0 Å². The second-order valence-electron chi connectivity index (χ2n) is 7.15. The minimum atomic E-state index is -0.193. The molecule has 1 saturated heterocycles. The van der Waals surface area contributed by atoms with Gasteiger partial charge in [-0.25, -0.2) is 0 Å². The first kappa shape index (κ1) is 18.8. The average Bonchev–Trinajstić information content (AvgIpc) is 3.08. The number of benzene rings is 2. The maximum Gasteiger partial charge on any atom is 0.257 e. The van der Waals surface area contributed by atoms with Crippen LogP contribution in [0.4, 0.5) is 0 Å². The second-order valence-corrected chi connectivity index (χ2v) is 7.59. The monoisotopic (exact) mass is 399 g/mol. The van der Waals surface area contributed by atoms with E-state index < -0.39 is 0 Å². The lowest BCUT2D eigenvalue weighted by atomic mass is 10.0. The van der Waals surface area contributed by atoms with Gasteiger partial charge in [-0.15, -0.1) is 0 Å². The topological polar surface area (TPSA) is 78.5 Å². The van der Waals surface area contributed by atoms with Crippen molar-refractivity contribution in [2.75, 3.05) is 20.3 Å². The average molecular weight is 400 g/mol. The predicted molar refractivity (Wildman–Crippen MR) is 108 cm³/mol. The Balaban J connectivity index is 1.65. The number of halogens is 1. The van der Waals surface area contributed by atoms with Gasteiger partial charge in [-0.2, -0.15) is 5.10 Å². The van der Waals surface area contributed by atoms with E-state index in [4.69, 9.17) is 16.3 Å². The van der Waals surface area contributed by atoms with Gasteiger partial charge in [-0.05, 0) is 36.6 Å². The number of rotatable bonds is 4. The maximum absolute atomic E-state index is 13.0. The molecular formula is C21H22ClN3O3. The molecule has 1 fully saturated rings. The van der Waals surface area contributed by atoms with Crippen molar-refractivity contribution in [1.82, 2.24) is 15.1 Å². The third kappa shape index (κ3) is 3.70. The number of carbonyl (C=O) groups excluding carboxylic acids is 1. The van der Waals surface area contributed by atoms with Crippen LogP contribution >= 0.6 is 11.6 Å². The van der Waals surface area contributed by atoms with Crippen LogP contribution in [-0.4, -0.2) is 52.4 Å². The van der Waals surface area contributed by atoms with Crippen LogP contribution in [0.15, 0.2) is 36.4 Å². The van der Waals surface area contributed by atoms with Gasteiger partial charge in [-0.1, -0.05) is 23.7 Å². The molecule has 2 N–H and O–H groups in total. The van der Waals surface area contributed by atoms with Crippen LogP contribution in [-0.2, 0) is 11.2 Å². The summed E-state index contributed by atoms with van der Waals surface area (Å²) in [5.41, 5.74) is 2.82. The van der Waals surface area contributed by atoms with Crippen LogP contribution < -0.4 is 0 Å². The van der Waals surface area contributed by atoms with Crippen LogP contribution in [0.2, 0.25) is 5.02 Å². The molecule has 2 aromatic carbocycles. The van der Waals surface area contributed by atoms with Crippen LogP contribution in [0.3, 0.4) is 0 Å². The molecule has 0 saturated carbocycles. The van der Waals surface area contributed by atoms with Gasteiger partial charge in [0.2, 0.25) is 0 Å². The molecule has 7 heteroatoms. The lowest BCUT2D eigenvalue weighted by Crippen LogP contribution is -2.40. The fourth-order valence-electron chi connectivity index (χ4n) is 3.68. The van der Waals surface area contributed by atoms with Crippen molar-refractivity contribution in [1.29, 1.82) is 0 Å². The highest BCUT2D eigenvalue weighted by Gasteiger charge is 2.26. The molecule has 6 nitrogen and oxygen atoms in total. The summed E-state index contributed by atoms with van der Waals surface area (Å²) in [5, 5.41) is 19.2. The van der Waals surface area contributed by atoms with E-state index in [-0.39, 0.29) is 23.3 Å². The number of aromatic nitrogens is 2. The Kier molecular flexibility index (Phi) is 5.24. The van der Waals surface area contributed by atoms with Gasteiger partial charge < -0.3 is 14.7 Å². The normalized spacial score (nSPS) is 15.1. The van der Waals surface area contributed by atoms with Crippen molar-refractivity contribution in [3.63, 3.8) is 0 Å². The zero-order chi connectivity index (χ0) is 19.7. The molecule has 0 atom stereocenters. The van der Waals surface area contributed by atoms with Gasteiger partial charge >= 0.3 is 0 Å². The molecule has 4 rings (SSSR count). The zero-order valence-electron chi connectivity index (χ0n) is 15.6. The highest BCUT2D eigenvalue weighted by molar-refractivity contribution is 6.30. The van der Waals surface area contributed by atoms with E-state index in [0.717, 1.165) is 29.5 Å². The third-order valence-corrected chi connectivity index (χ3v) is 5.54. The van der Waals surface area contributed by atoms with Gasteiger partial charge in [0.15, 0.2) is 0 Å². The number of hydrogen-bond donors (Lipinski definition) is 2. The Morgan fingerprint density at radius 1 is 1.32 bits per heavy atom. The van der Waals surface area contributed by atoms with Crippen molar-refractivity contribution >= 4 is 28.4 Å². The summed E-state index contributed by atoms with van der Waals surface area (Å²) >= 11 is 6.08. The first-order chi connectivity index (χ1) is 13.5. The van der Waals surface area contributed by atoms with E-state index in [1.807, 2.05) is 24.3 Å². The number of carbonyl (C=O) groups is 1. The first-order valence-electron chi connectivity index (χ1n) is 9.32. The largest absolute Gasteiger partial charge is 0.507 e. The molecule has 0 unspecified atom stereocenters. The molecule has 146 valence electrons. The smallest absolute Gasteiger partial charge is 0.257 e. The fourth-order valence-corrected chi connectivity index (χ4v) is 3.89. The summed E-state index contributed by atoms with van der Waals surface area (Å²) < 4.78 is 5.38. The zero-order valence-corrected chi connectivity index (χ0v) is 16.4. The Morgan fingerprint density at radius 2 is 2.11 bits per heavy atom. The molecule has 3 aromatic rings. The second kappa shape index (κ2) is 7.81. The summed E-state index contributed by atoms with van der Waals surface area (Å²) in [6, 6.07) is 11.0. The summed E-state index contributed by atoms with van der Waals surface area (Å²) in [7, 11) is 1.78. The van der Waals surface area contributed by atoms with Crippen molar-refractivity contribution in [3.05, 3.63) is 58.2 Å². The Labute approximate surface area is 168 Å². The van der Waals surface area contributed by atoms with Crippen molar-refractivity contribution < 1.29 is 14.6 Å². The summed E-state index contributed by atoms with van der Waals surface area (Å²) in [5.74, 6) is -0.240. The lowest BCUT2D eigenvalue weighted by molar-refractivity contribution is 0.0361. The Hall–Kier alpha value is -2.57. The number of hydrogen-bond acceptors (Lipinski definition) is 4. The molecule has 1 aliphatic rings. The van der Waals surface area contributed by atoms with Crippen LogP contribution in [0.1, 0.15) is 34.5 Å². The Bertz CT molecular complexity index is 1010. The number of phenolic OH excluding ortho intramolecular Hbond substituents is 1. The quantitative estimate of drug-likeness (QED) is 0.700. The molecule has 1 amide bonds. The number of aromatic hydroxyl groups is 1. The number of phenols is 1. The molecule has 0 aliphatic carbocycles. The third-order valence-electron chi connectivity index (χ3n) is 5.31. The van der Waals surface area contributed by atoms with E-state index in [1.165, 1.54) is 0 Å². The number of amides is 1. The standard InChI is InChI=1S/C21H22ClN3O3/c1-25(15-5-7-28-8-6-15)21(27)17-11-16-18(23-24-19(16)12-20(17)26)10-13-3-2-4-14(22)9-13/h2-4,9,11-12,15,26H,5-8,10H2,1H3,(H,23,24). The Morgan fingerprint density at radius 3 is 2.86 bits per heavy atom. The molecular weight excluding hydrogens is 378 g/mol. The van der Waals surface area contributed by atoms with Gasteiger partial charge in [-0.3, -0.25) is 9.89 Å². The number of H-pyrrole nitrogens is 1. The highest BCUT2D eigenvalue weighted by Crippen LogP contribution is 2.29. The fraction of sp³-hybridized carbons (Fsp3) is 0.333. The SMILES string of the molecule is CN(C(=O)c1cc2c(Cc3cccc(Cl)c3)n[nH]c2cc1O)C1CCOCC1. The van der Waals surface area contributed by atoms with Crippen molar-refractivity contribution in [2.24, 2.45) is 0 Å². The van der Waals surface area contributed by atoms with E-state index in [2.05, 4.69) is 10.2 Å². The summed E-state index contributed by atoms with van der Waals surface area (Å²) in [6.45, 7) is 1.30. The number of nitrogens with one attached hydrogen (secondary N) is 1. The van der Waals surface area contributed by atoms with Crippen LogP contribution in [0.5, 0.6) is 5.75 Å². The van der Waals surface area contributed by atoms with Crippen LogP contribution in [0.25, 0.3) is 10.9 Å². The highest BCUT2D eigenvalue weighted by atomic mass is 35.5. The number of ether oxygens (including phenoxy) is 1. The first-order valence-corrected chi connectivity index (χ1v) is 9.70. The molecule has 28 heavy (non-hydrogen) atoms. The van der Waals surface area contributed by atoms with E-state index >= 15 is 0 Å². The maximum atomic E-state index is 13.0. The number of nitrogens with zero attached hydrogens (tertiary/aromatic N) is 2. The van der Waals surface area contributed by atoms with Crippen molar-refractivity contribution in [3.8, 4) is 5.75 Å². The van der Waals surface area contributed by atoms with Gasteiger partial charge in [0.1, 0.15) is 5.75 Å². The number of fused-ring (bicyclic) bond motifs is 1. The summed E-state index contributed by atoms with van der Waals surface area (Å²) in [6.07, 6.45) is 2.18. The van der Waals surface area contributed by atoms with Crippen molar-refractivity contribution in [2.45, 2.75) is 25.3 Å². The van der Waals surface area contributed by atoms with Gasteiger partial charge in [0.05, 0.1) is 16.8 Å².